The van der Waals surface area contributed by atoms with Gasteiger partial charge in [-0.1, -0.05) is 11.6 Å². The van der Waals surface area contributed by atoms with Gasteiger partial charge in [0.2, 0.25) is 0 Å². The second kappa shape index (κ2) is 7.74. The molecule has 2 heterocycles. The maximum atomic E-state index is 12.3. The van der Waals surface area contributed by atoms with Crippen molar-refractivity contribution in [2.75, 3.05) is 36.0 Å². The summed E-state index contributed by atoms with van der Waals surface area (Å²) in [5.41, 5.74) is 1.68. The predicted molar refractivity (Wildman–Crippen MR) is 101 cm³/mol. The standard InChI is InChI=1S/C19H22ClN3O2/c1-14(2)25-19(24)17-4-3-9-21-18(17)23-12-10-22(11-13-23)16-7-5-15(20)6-8-16/h3-9,14H,10-13H2,1-2H3. The second-order valence-electron chi connectivity index (χ2n) is 6.28. The van der Waals surface area contributed by atoms with Crippen molar-refractivity contribution in [2.24, 2.45) is 0 Å². The first-order chi connectivity index (χ1) is 12.0. The fourth-order valence-corrected chi connectivity index (χ4v) is 3.04. The van der Waals surface area contributed by atoms with E-state index in [1.165, 1.54) is 0 Å². The Labute approximate surface area is 153 Å². The summed E-state index contributed by atoms with van der Waals surface area (Å²) < 4.78 is 5.34. The minimum atomic E-state index is -0.321. The minimum Gasteiger partial charge on any atom is -0.459 e. The van der Waals surface area contributed by atoms with Gasteiger partial charge in [0.05, 0.1) is 6.10 Å². The van der Waals surface area contributed by atoms with Crippen molar-refractivity contribution < 1.29 is 9.53 Å². The molecule has 1 saturated heterocycles. The van der Waals surface area contributed by atoms with E-state index >= 15 is 0 Å². The number of pyridine rings is 1. The lowest BCUT2D eigenvalue weighted by Gasteiger charge is -2.37. The van der Waals surface area contributed by atoms with E-state index in [2.05, 4.69) is 14.8 Å². The molecular weight excluding hydrogens is 338 g/mol. The summed E-state index contributed by atoms with van der Waals surface area (Å²) in [5.74, 6) is 0.377. The van der Waals surface area contributed by atoms with Gasteiger partial charge in [0.1, 0.15) is 11.4 Å². The first-order valence-corrected chi connectivity index (χ1v) is 8.84. The summed E-state index contributed by atoms with van der Waals surface area (Å²) in [6.07, 6.45) is 1.56. The number of anilines is 2. The van der Waals surface area contributed by atoms with Crippen molar-refractivity contribution in [1.29, 1.82) is 0 Å². The number of nitrogens with zero attached hydrogens (tertiary/aromatic N) is 3. The van der Waals surface area contributed by atoms with Gasteiger partial charge < -0.3 is 14.5 Å². The van der Waals surface area contributed by atoms with E-state index in [0.717, 1.165) is 36.9 Å². The Morgan fingerprint density at radius 3 is 2.36 bits per heavy atom. The van der Waals surface area contributed by atoms with Crippen molar-refractivity contribution in [3.8, 4) is 0 Å². The zero-order chi connectivity index (χ0) is 17.8. The molecule has 1 aliphatic heterocycles. The van der Waals surface area contributed by atoms with E-state index in [4.69, 9.17) is 16.3 Å². The molecule has 25 heavy (non-hydrogen) atoms. The Balaban J connectivity index is 1.71. The SMILES string of the molecule is CC(C)OC(=O)c1cccnc1N1CCN(c2ccc(Cl)cc2)CC1. The third-order valence-electron chi connectivity index (χ3n) is 4.12. The summed E-state index contributed by atoms with van der Waals surface area (Å²) >= 11 is 5.96. The molecule has 5 nitrogen and oxygen atoms in total. The average Bonchev–Trinajstić information content (AvgIpc) is 2.62. The fourth-order valence-electron chi connectivity index (χ4n) is 2.91. The van der Waals surface area contributed by atoms with Crippen LogP contribution in [0, 0.1) is 0 Å². The number of aromatic nitrogens is 1. The highest BCUT2D eigenvalue weighted by molar-refractivity contribution is 6.30. The number of esters is 1. The van der Waals surface area contributed by atoms with Gasteiger partial charge in [-0.2, -0.15) is 0 Å². The Morgan fingerprint density at radius 2 is 1.72 bits per heavy atom. The molecule has 0 bridgehead atoms. The van der Waals surface area contributed by atoms with Crippen LogP contribution in [0.4, 0.5) is 11.5 Å². The lowest BCUT2D eigenvalue weighted by Crippen LogP contribution is -2.47. The molecule has 0 unspecified atom stereocenters. The number of halogens is 1. The first kappa shape index (κ1) is 17.5. The molecule has 0 spiro atoms. The third kappa shape index (κ3) is 4.23. The Morgan fingerprint density at radius 1 is 1.08 bits per heavy atom. The molecule has 1 aliphatic rings. The molecule has 0 radical (unpaired) electrons. The molecule has 0 aliphatic carbocycles. The Kier molecular flexibility index (Phi) is 5.43. The Bertz CT molecular complexity index is 726. The van der Waals surface area contributed by atoms with Crippen molar-refractivity contribution in [3.63, 3.8) is 0 Å². The molecule has 0 saturated carbocycles. The van der Waals surface area contributed by atoms with Crippen LogP contribution in [0.5, 0.6) is 0 Å². The summed E-state index contributed by atoms with van der Waals surface area (Å²) in [6, 6.07) is 11.4. The smallest absolute Gasteiger partial charge is 0.342 e. The van der Waals surface area contributed by atoms with Crippen molar-refractivity contribution in [1.82, 2.24) is 4.98 Å². The third-order valence-corrected chi connectivity index (χ3v) is 4.37. The highest BCUT2D eigenvalue weighted by Crippen LogP contribution is 2.23. The summed E-state index contributed by atoms with van der Waals surface area (Å²) in [6.45, 7) is 6.99. The van der Waals surface area contributed by atoms with Crippen LogP contribution in [0.3, 0.4) is 0 Å². The minimum absolute atomic E-state index is 0.151. The average molecular weight is 360 g/mol. The van der Waals surface area contributed by atoms with Crippen LogP contribution < -0.4 is 9.80 Å². The number of piperazine rings is 1. The molecular formula is C19H22ClN3O2. The van der Waals surface area contributed by atoms with Gasteiger partial charge in [0.15, 0.2) is 0 Å². The molecule has 6 heteroatoms. The predicted octanol–water partition coefficient (Wildman–Crippen LogP) is 3.63. The van der Waals surface area contributed by atoms with Crippen LogP contribution in [0.15, 0.2) is 42.6 Å². The number of hydrogen-bond donors (Lipinski definition) is 0. The molecule has 0 amide bonds. The zero-order valence-electron chi connectivity index (χ0n) is 14.5. The zero-order valence-corrected chi connectivity index (χ0v) is 15.2. The van der Waals surface area contributed by atoms with Gasteiger partial charge in [-0.15, -0.1) is 0 Å². The van der Waals surface area contributed by atoms with E-state index in [-0.39, 0.29) is 12.1 Å². The van der Waals surface area contributed by atoms with Crippen molar-refractivity contribution >= 4 is 29.1 Å². The lowest BCUT2D eigenvalue weighted by atomic mass is 10.2. The maximum absolute atomic E-state index is 12.3. The van der Waals surface area contributed by atoms with Gasteiger partial charge in [-0.05, 0) is 50.2 Å². The van der Waals surface area contributed by atoms with E-state index in [9.17, 15) is 4.79 Å². The molecule has 1 fully saturated rings. The molecule has 1 aromatic carbocycles. The van der Waals surface area contributed by atoms with Crippen molar-refractivity contribution in [3.05, 3.63) is 53.2 Å². The lowest BCUT2D eigenvalue weighted by molar-refractivity contribution is 0.0378. The number of benzene rings is 1. The van der Waals surface area contributed by atoms with E-state index < -0.39 is 0 Å². The van der Waals surface area contributed by atoms with Crippen LogP contribution in [0.25, 0.3) is 0 Å². The van der Waals surface area contributed by atoms with Gasteiger partial charge in [0.25, 0.3) is 0 Å². The van der Waals surface area contributed by atoms with Gasteiger partial charge >= 0.3 is 5.97 Å². The first-order valence-electron chi connectivity index (χ1n) is 8.46. The van der Waals surface area contributed by atoms with E-state index in [1.54, 1.807) is 18.3 Å². The van der Waals surface area contributed by atoms with Gasteiger partial charge in [-0.25, -0.2) is 9.78 Å². The van der Waals surface area contributed by atoms with Crippen LogP contribution in [-0.2, 0) is 4.74 Å². The monoisotopic (exact) mass is 359 g/mol. The molecule has 132 valence electrons. The van der Waals surface area contributed by atoms with Gasteiger partial charge in [-0.3, -0.25) is 0 Å². The van der Waals surface area contributed by atoms with Crippen LogP contribution >= 0.6 is 11.6 Å². The summed E-state index contributed by atoms with van der Waals surface area (Å²) in [4.78, 5) is 21.2. The number of rotatable bonds is 4. The number of carbonyl (C=O) groups excluding carboxylic acids is 1. The summed E-state index contributed by atoms with van der Waals surface area (Å²) in [7, 11) is 0. The molecule has 2 aromatic rings. The molecule has 3 rings (SSSR count). The molecule has 0 atom stereocenters. The van der Waals surface area contributed by atoms with Gasteiger partial charge in [0, 0.05) is 43.1 Å². The van der Waals surface area contributed by atoms with Crippen LogP contribution in [0.2, 0.25) is 5.02 Å². The van der Waals surface area contributed by atoms with Crippen molar-refractivity contribution in [2.45, 2.75) is 20.0 Å². The topological polar surface area (TPSA) is 45.7 Å². The number of hydrogen-bond acceptors (Lipinski definition) is 5. The van der Waals surface area contributed by atoms with Crippen LogP contribution in [-0.4, -0.2) is 43.2 Å². The highest BCUT2D eigenvalue weighted by atomic mass is 35.5. The maximum Gasteiger partial charge on any atom is 0.342 e. The number of carbonyl (C=O) groups is 1. The van der Waals surface area contributed by atoms with E-state index in [0.29, 0.717) is 11.4 Å². The normalized spacial score (nSPS) is 14.7. The second-order valence-corrected chi connectivity index (χ2v) is 6.72. The molecule has 0 N–H and O–H groups in total. The largest absolute Gasteiger partial charge is 0.459 e. The van der Waals surface area contributed by atoms with E-state index in [1.807, 2.05) is 38.1 Å². The Hall–Kier alpha value is -2.27. The number of ether oxygens (including phenoxy) is 1. The van der Waals surface area contributed by atoms with Crippen LogP contribution in [0.1, 0.15) is 24.2 Å². The fraction of sp³-hybridized carbons (Fsp3) is 0.368. The summed E-state index contributed by atoms with van der Waals surface area (Å²) in [5, 5.41) is 0.740. The molecule has 1 aromatic heterocycles. The highest BCUT2D eigenvalue weighted by Gasteiger charge is 2.23. The quantitative estimate of drug-likeness (QED) is 0.780.